The molecule has 2 rings (SSSR count). The SMILES string of the molecule is CC(C(=O)OC(C)(C)C)C(O)CCc1ccc(-c2ccccc2)cc1. The van der Waals surface area contributed by atoms with Crippen LogP contribution >= 0.6 is 0 Å². The number of rotatable bonds is 6. The lowest BCUT2D eigenvalue weighted by atomic mass is 9.96. The van der Waals surface area contributed by atoms with Gasteiger partial charge < -0.3 is 9.84 Å². The lowest BCUT2D eigenvalue weighted by Gasteiger charge is -2.24. The molecular formula is C22H28O3. The Labute approximate surface area is 150 Å². The standard InChI is InChI=1S/C22H28O3/c1-16(21(24)25-22(2,3)4)20(23)15-12-17-10-13-19(14-11-17)18-8-6-5-7-9-18/h5-11,13-14,16,20,23H,12,15H2,1-4H3. The first kappa shape index (κ1) is 19.2. The second-order valence-electron chi connectivity index (χ2n) is 7.49. The number of hydrogen-bond donors (Lipinski definition) is 1. The fourth-order valence-electron chi connectivity index (χ4n) is 2.61. The van der Waals surface area contributed by atoms with Crippen molar-refractivity contribution < 1.29 is 14.6 Å². The van der Waals surface area contributed by atoms with Crippen LogP contribution in [-0.4, -0.2) is 22.8 Å². The highest BCUT2D eigenvalue weighted by atomic mass is 16.6. The third kappa shape index (κ3) is 6.02. The van der Waals surface area contributed by atoms with Gasteiger partial charge in [-0.3, -0.25) is 4.79 Å². The van der Waals surface area contributed by atoms with Crippen LogP contribution in [0, 0.1) is 5.92 Å². The van der Waals surface area contributed by atoms with Crippen LogP contribution in [0.15, 0.2) is 54.6 Å². The number of carbonyl (C=O) groups is 1. The average Bonchev–Trinajstić information content (AvgIpc) is 2.58. The molecule has 25 heavy (non-hydrogen) atoms. The van der Waals surface area contributed by atoms with Crippen LogP contribution in [0.5, 0.6) is 0 Å². The number of benzene rings is 2. The summed E-state index contributed by atoms with van der Waals surface area (Å²) in [5.41, 5.74) is 2.98. The predicted molar refractivity (Wildman–Crippen MR) is 101 cm³/mol. The summed E-state index contributed by atoms with van der Waals surface area (Å²) in [4.78, 5) is 12.0. The molecule has 1 N–H and O–H groups in total. The average molecular weight is 340 g/mol. The molecule has 0 aliphatic carbocycles. The topological polar surface area (TPSA) is 46.5 Å². The number of aryl methyl sites for hydroxylation is 1. The Morgan fingerprint density at radius 1 is 1.00 bits per heavy atom. The minimum Gasteiger partial charge on any atom is -0.460 e. The van der Waals surface area contributed by atoms with E-state index < -0.39 is 17.6 Å². The highest BCUT2D eigenvalue weighted by molar-refractivity contribution is 5.73. The monoisotopic (exact) mass is 340 g/mol. The first-order valence-electron chi connectivity index (χ1n) is 8.81. The molecule has 0 bridgehead atoms. The van der Waals surface area contributed by atoms with E-state index in [1.807, 2.05) is 39.0 Å². The van der Waals surface area contributed by atoms with Crippen molar-refractivity contribution in [3.63, 3.8) is 0 Å². The Morgan fingerprint density at radius 2 is 1.56 bits per heavy atom. The third-order valence-corrected chi connectivity index (χ3v) is 4.15. The van der Waals surface area contributed by atoms with Gasteiger partial charge in [0.25, 0.3) is 0 Å². The van der Waals surface area contributed by atoms with E-state index in [9.17, 15) is 9.90 Å². The van der Waals surface area contributed by atoms with E-state index in [1.165, 1.54) is 11.1 Å². The van der Waals surface area contributed by atoms with E-state index >= 15 is 0 Å². The molecule has 3 nitrogen and oxygen atoms in total. The first-order chi connectivity index (χ1) is 11.8. The van der Waals surface area contributed by atoms with E-state index in [0.29, 0.717) is 6.42 Å². The first-order valence-corrected chi connectivity index (χ1v) is 8.81. The predicted octanol–water partition coefficient (Wildman–Crippen LogP) is 4.62. The molecule has 0 fully saturated rings. The van der Waals surface area contributed by atoms with Gasteiger partial charge in [-0.25, -0.2) is 0 Å². The summed E-state index contributed by atoms with van der Waals surface area (Å²) in [5, 5.41) is 10.3. The molecule has 0 radical (unpaired) electrons. The number of hydrogen-bond acceptors (Lipinski definition) is 3. The number of esters is 1. The van der Waals surface area contributed by atoms with E-state index in [2.05, 4.69) is 36.4 Å². The molecule has 134 valence electrons. The molecule has 0 amide bonds. The zero-order chi connectivity index (χ0) is 18.4. The van der Waals surface area contributed by atoms with Crippen molar-refractivity contribution in [2.45, 2.75) is 52.2 Å². The van der Waals surface area contributed by atoms with Crippen LogP contribution in [0.3, 0.4) is 0 Å². The van der Waals surface area contributed by atoms with Gasteiger partial charge in [-0.1, -0.05) is 54.6 Å². The lowest BCUT2D eigenvalue weighted by Crippen LogP contribution is -2.33. The molecule has 0 aromatic heterocycles. The van der Waals surface area contributed by atoms with Crippen molar-refractivity contribution in [2.75, 3.05) is 0 Å². The Balaban J connectivity index is 1.89. The van der Waals surface area contributed by atoms with E-state index in [0.717, 1.165) is 12.0 Å². The van der Waals surface area contributed by atoms with Gasteiger partial charge in [0, 0.05) is 0 Å². The fourth-order valence-corrected chi connectivity index (χ4v) is 2.61. The number of aliphatic hydroxyl groups is 1. The van der Waals surface area contributed by atoms with Gasteiger partial charge in [0.2, 0.25) is 0 Å². The molecular weight excluding hydrogens is 312 g/mol. The van der Waals surface area contributed by atoms with Gasteiger partial charge in [-0.2, -0.15) is 0 Å². The van der Waals surface area contributed by atoms with Crippen molar-refractivity contribution in [1.29, 1.82) is 0 Å². The van der Waals surface area contributed by atoms with Crippen LogP contribution in [0.4, 0.5) is 0 Å². The van der Waals surface area contributed by atoms with Gasteiger partial charge in [0.05, 0.1) is 12.0 Å². The Hall–Kier alpha value is -2.13. The minimum atomic E-state index is -0.705. The lowest BCUT2D eigenvalue weighted by molar-refractivity contribution is -0.163. The Bertz CT molecular complexity index is 669. The zero-order valence-corrected chi connectivity index (χ0v) is 15.5. The van der Waals surface area contributed by atoms with Crippen molar-refractivity contribution in [3.05, 3.63) is 60.2 Å². The van der Waals surface area contributed by atoms with Crippen LogP contribution in [0.1, 0.15) is 39.7 Å². The van der Waals surface area contributed by atoms with Crippen LogP contribution in [-0.2, 0) is 16.0 Å². The second-order valence-corrected chi connectivity index (χ2v) is 7.49. The maximum absolute atomic E-state index is 12.0. The van der Waals surface area contributed by atoms with Crippen molar-refractivity contribution in [2.24, 2.45) is 5.92 Å². The molecule has 0 aliphatic rings. The fraction of sp³-hybridized carbons (Fsp3) is 0.409. The summed E-state index contributed by atoms with van der Waals surface area (Å²) in [6.07, 6.45) is 0.553. The van der Waals surface area contributed by atoms with Gasteiger partial charge in [0.1, 0.15) is 5.60 Å². The maximum atomic E-state index is 12.0. The van der Waals surface area contributed by atoms with Crippen molar-refractivity contribution in [3.8, 4) is 11.1 Å². The quantitative estimate of drug-likeness (QED) is 0.780. The highest BCUT2D eigenvalue weighted by Crippen LogP contribution is 2.21. The summed E-state index contributed by atoms with van der Waals surface area (Å²) in [6, 6.07) is 18.6. The largest absolute Gasteiger partial charge is 0.460 e. The summed E-state index contributed by atoms with van der Waals surface area (Å²) in [5.74, 6) is -0.873. The number of carbonyl (C=O) groups excluding carboxylic acids is 1. The molecule has 2 atom stereocenters. The van der Waals surface area contributed by atoms with Gasteiger partial charge in [0.15, 0.2) is 0 Å². The Kier molecular flexibility index (Phi) is 6.38. The smallest absolute Gasteiger partial charge is 0.311 e. The summed E-state index contributed by atoms with van der Waals surface area (Å²) in [7, 11) is 0. The number of aliphatic hydroxyl groups excluding tert-OH is 1. The van der Waals surface area contributed by atoms with Gasteiger partial charge >= 0.3 is 5.97 Å². The van der Waals surface area contributed by atoms with Crippen LogP contribution in [0.2, 0.25) is 0 Å². The third-order valence-electron chi connectivity index (χ3n) is 4.15. The van der Waals surface area contributed by atoms with E-state index in [-0.39, 0.29) is 5.97 Å². The molecule has 0 spiro atoms. The summed E-state index contributed by atoms with van der Waals surface area (Å²) in [6.45, 7) is 7.21. The molecule has 2 unspecified atom stereocenters. The molecule has 3 heteroatoms. The molecule has 2 aromatic rings. The Morgan fingerprint density at radius 3 is 2.12 bits per heavy atom. The summed E-state index contributed by atoms with van der Waals surface area (Å²) >= 11 is 0. The van der Waals surface area contributed by atoms with E-state index in [4.69, 9.17) is 4.74 Å². The molecule has 0 aliphatic heterocycles. The number of ether oxygens (including phenoxy) is 1. The van der Waals surface area contributed by atoms with Crippen molar-refractivity contribution in [1.82, 2.24) is 0 Å². The molecule has 0 saturated heterocycles. The molecule has 0 saturated carbocycles. The normalized spacial score (nSPS) is 14.0. The van der Waals surface area contributed by atoms with Gasteiger partial charge in [-0.05, 0) is 57.2 Å². The minimum absolute atomic E-state index is 0.348. The van der Waals surface area contributed by atoms with Gasteiger partial charge in [-0.15, -0.1) is 0 Å². The van der Waals surface area contributed by atoms with Crippen molar-refractivity contribution >= 4 is 5.97 Å². The molecule has 2 aromatic carbocycles. The van der Waals surface area contributed by atoms with Crippen LogP contribution in [0.25, 0.3) is 11.1 Å². The highest BCUT2D eigenvalue weighted by Gasteiger charge is 2.27. The maximum Gasteiger partial charge on any atom is 0.311 e. The van der Waals surface area contributed by atoms with Crippen LogP contribution < -0.4 is 0 Å². The van der Waals surface area contributed by atoms with E-state index in [1.54, 1.807) is 6.92 Å². The second kappa shape index (κ2) is 8.30. The molecule has 0 heterocycles. The summed E-state index contributed by atoms with van der Waals surface area (Å²) < 4.78 is 5.34. The zero-order valence-electron chi connectivity index (χ0n) is 15.5.